The zero-order valence-electron chi connectivity index (χ0n) is 17.4. The van der Waals surface area contributed by atoms with Crippen molar-refractivity contribution < 1.29 is 18.7 Å². The summed E-state index contributed by atoms with van der Waals surface area (Å²) in [7, 11) is 0. The molecule has 0 bridgehead atoms. The monoisotopic (exact) mass is 412 g/mol. The van der Waals surface area contributed by atoms with E-state index in [0.29, 0.717) is 30.9 Å². The van der Waals surface area contributed by atoms with Gasteiger partial charge in [-0.25, -0.2) is 4.39 Å². The molecule has 30 heavy (non-hydrogen) atoms. The van der Waals surface area contributed by atoms with Gasteiger partial charge in [0.25, 0.3) is 5.91 Å². The van der Waals surface area contributed by atoms with E-state index in [0.717, 1.165) is 19.3 Å². The van der Waals surface area contributed by atoms with E-state index in [1.807, 2.05) is 40.1 Å². The fourth-order valence-electron chi connectivity index (χ4n) is 3.83. The number of rotatable bonds is 8. The molecule has 1 aliphatic rings. The third-order valence-electron chi connectivity index (χ3n) is 5.40. The second kappa shape index (κ2) is 10.8. The van der Waals surface area contributed by atoms with Gasteiger partial charge >= 0.3 is 0 Å². The number of amides is 2. The number of halogens is 1. The van der Waals surface area contributed by atoms with E-state index < -0.39 is 0 Å². The minimum atomic E-state index is -0.315. The quantitative estimate of drug-likeness (QED) is 0.655. The van der Waals surface area contributed by atoms with Crippen LogP contribution in [0.4, 0.5) is 4.39 Å². The maximum absolute atomic E-state index is 13.0. The Bertz CT molecular complexity index is 818. The molecule has 6 heteroatoms. The molecule has 0 aliphatic carbocycles. The van der Waals surface area contributed by atoms with Crippen LogP contribution in [0.25, 0.3) is 0 Å². The van der Waals surface area contributed by atoms with Gasteiger partial charge in [0.05, 0.1) is 13.0 Å². The predicted octanol–water partition coefficient (Wildman–Crippen LogP) is 4.14. The van der Waals surface area contributed by atoms with Gasteiger partial charge in [0.2, 0.25) is 5.91 Å². The number of piperidine rings is 1. The van der Waals surface area contributed by atoms with Gasteiger partial charge in [0.1, 0.15) is 11.6 Å². The lowest BCUT2D eigenvalue weighted by atomic mass is 10.0. The average Bonchev–Trinajstić information content (AvgIpc) is 2.79. The second-order valence-electron chi connectivity index (χ2n) is 7.53. The van der Waals surface area contributed by atoms with E-state index in [1.54, 1.807) is 12.1 Å². The largest absolute Gasteiger partial charge is 0.493 e. The molecule has 1 fully saturated rings. The van der Waals surface area contributed by atoms with E-state index in [9.17, 15) is 14.0 Å². The Morgan fingerprint density at radius 2 is 1.73 bits per heavy atom. The maximum atomic E-state index is 13.0. The molecule has 0 spiro atoms. The van der Waals surface area contributed by atoms with Crippen LogP contribution in [0.3, 0.4) is 0 Å². The molecule has 0 atom stereocenters. The number of carbonyl (C=O) groups is 2. The molecule has 0 radical (unpaired) electrons. The highest BCUT2D eigenvalue weighted by atomic mass is 19.1. The molecule has 3 rings (SSSR count). The van der Waals surface area contributed by atoms with Gasteiger partial charge in [0.15, 0.2) is 0 Å². The van der Waals surface area contributed by atoms with Crippen molar-refractivity contribution in [2.45, 2.75) is 38.6 Å². The van der Waals surface area contributed by atoms with Crippen LogP contribution >= 0.6 is 0 Å². The zero-order chi connectivity index (χ0) is 21.3. The van der Waals surface area contributed by atoms with Crippen molar-refractivity contribution in [2.24, 2.45) is 0 Å². The normalized spacial score (nSPS) is 14.4. The summed E-state index contributed by atoms with van der Waals surface area (Å²) >= 11 is 0. The third kappa shape index (κ3) is 5.81. The molecule has 5 nitrogen and oxygen atoms in total. The molecule has 160 valence electrons. The average molecular weight is 413 g/mol. The molecule has 2 amide bonds. The summed E-state index contributed by atoms with van der Waals surface area (Å²) in [5.74, 6) is 0.352. The van der Waals surface area contributed by atoms with Gasteiger partial charge in [-0.3, -0.25) is 9.59 Å². The highest BCUT2D eigenvalue weighted by Gasteiger charge is 2.29. The molecule has 1 heterocycles. The molecule has 0 N–H and O–H groups in total. The van der Waals surface area contributed by atoms with Crippen molar-refractivity contribution in [1.29, 1.82) is 0 Å². The van der Waals surface area contributed by atoms with E-state index in [1.165, 1.54) is 12.1 Å². The van der Waals surface area contributed by atoms with Crippen LogP contribution in [0.5, 0.6) is 5.75 Å². The fourth-order valence-corrected chi connectivity index (χ4v) is 3.83. The molecular weight excluding hydrogens is 383 g/mol. The van der Waals surface area contributed by atoms with Crippen molar-refractivity contribution in [2.75, 3.05) is 26.2 Å². The third-order valence-corrected chi connectivity index (χ3v) is 5.40. The van der Waals surface area contributed by atoms with Gasteiger partial charge in [0, 0.05) is 31.2 Å². The molecule has 0 saturated carbocycles. The fraction of sp³-hybridized carbons (Fsp3) is 0.417. The Morgan fingerprint density at radius 3 is 2.37 bits per heavy atom. The minimum Gasteiger partial charge on any atom is -0.493 e. The van der Waals surface area contributed by atoms with Crippen LogP contribution in [0, 0.1) is 5.82 Å². The van der Waals surface area contributed by atoms with Crippen molar-refractivity contribution in [1.82, 2.24) is 9.80 Å². The van der Waals surface area contributed by atoms with Crippen molar-refractivity contribution in [3.05, 3.63) is 66.0 Å². The number of nitrogens with zero attached hydrogens (tertiary/aromatic N) is 2. The number of likely N-dealkylation sites (tertiary alicyclic amines) is 1. The van der Waals surface area contributed by atoms with Crippen LogP contribution in [0.1, 0.15) is 43.0 Å². The van der Waals surface area contributed by atoms with Crippen LogP contribution in [-0.4, -0.2) is 53.9 Å². The topological polar surface area (TPSA) is 49.9 Å². The Balaban J connectivity index is 1.50. The summed E-state index contributed by atoms with van der Waals surface area (Å²) in [4.78, 5) is 29.3. The molecule has 0 aromatic heterocycles. The highest BCUT2D eigenvalue weighted by Crippen LogP contribution is 2.20. The number of carbonyl (C=O) groups excluding carboxylic acids is 2. The van der Waals surface area contributed by atoms with Crippen molar-refractivity contribution in [3.63, 3.8) is 0 Å². The molecule has 2 aromatic carbocycles. The number of hydrogen-bond acceptors (Lipinski definition) is 3. The Morgan fingerprint density at radius 1 is 1.07 bits per heavy atom. The first-order valence-electron chi connectivity index (χ1n) is 10.6. The standard InChI is InChI=1S/C24H29FN2O3/c1-2-15-27(23(28)14-18-30-22-10-8-20(25)9-11-22)21-12-16-26(17-13-21)24(29)19-6-4-3-5-7-19/h3-11,21H,2,12-18H2,1H3. The molecule has 0 unspecified atom stereocenters. The molecule has 2 aromatic rings. The number of hydrogen-bond donors (Lipinski definition) is 0. The van der Waals surface area contributed by atoms with Gasteiger partial charge in [-0.2, -0.15) is 0 Å². The lowest BCUT2D eigenvalue weighted by Gasteiger charge is -2.38. The van der Waals surface area contributed by atoms with Crippen LogP contribution < -0.4 is 4.74 Å². The van der Waals surface area contributed by atoms with Crippen LogP contribution in [-0.2, 0) is 4.79 Å². The van der Waals surface area contributed by atoms with Gasteiger partial charge in [-0.05, 0) is 55.7 Å². The molecular formula is C24H29FN2O3. The van der Waals surface area contributed by atoms with Crippen LogP contribution in [0.15, 0.2) is 54.6 Å². The minimum absolute atomic E-state index is 0.0510. The zero-order valence-corrected chi connectivity index (χ0v) is 17.4. The maximum Gasteiger partial charge on any atom is 0.253 e. The summed E-state index contributed by atoms with van der Waals surface area (Å²) < 4.78 is 18.5. The summed E-state index contributed by atoms with van der Waals surface area (Å²) in [5.41, 5.74) is 0.704. The van der Waals surface area contributed by atoms with Gasteiger partial charge in [-0.1, -0.05) is 25.1 Å². The summed E-state index contributed by atoms with van der Waals surface area (Å²) in [5, 5.41) is 0. The van der Waals surface area contributed by atoms with Gasteiger partial charge in [-0.15, -0.1) is 0 Å². The molecule has 1 aliphatic heterocycles. The smallest absolute Gasteiger partial charge is 0.253 e. The van der Waals surface area contributed by atoms with Gasteiger partial charge < -0.3 is 14.5 Å². The van der Waals surface area contributed by atoms with Crippen LogP contribution in [0.2, 0.25) is 0 Å². The highest BCUT2D eigenvalue weighted by molar-refractivity contribution is 5.94. The van der Waals surface area contributed by atoms with Crippen molar-refractivity contribution in [3.8, 4) is 5.75 Å². The first-order chi connectivity index (χ1) is 14.6. The van der Waals surface area contributed by atoms with E-state index in [2.05, 4.69) is 6.92 Å². The summed E-state index contributed by atoms with van der Waals surface area (Å²) in [6.45, 7) is 4.32. The number of benzene rings is 2. The number of ether oxygens (including phenoxy) is 1. The predicted molar refractivity (Wildman–Crippen MR) is 114 cm³/mol. The Hall–Kier alpha value is -2.89. The first kappa shape index (κ1) is 21.8. The molecule has 1 saturated heterocycles. The lowest BCUT2D eigenvalue weighted by Crippen LogP contribution is -2.49. The lowest BCUT2D eigenvalue weighted by molar-refractivity contribution is -0.135. The second-order valence-corrected chi connectivity index (χ2v) is 7.53. The Labute approximate surface area is 177 Å². The van der Waals surface area contributed by atoms with E-state index in [4.69, 9.17) is 4.74 Å². The SMILES string of the molecule is CCCN(C(=O)CCOc1ccc(F)cc1)C1CCN(C(=O)c2ccccc2)CC1. The Kier molecular flexibility index (Phi) is 7.82. The first-order valence-corrected chi connectivity index (χ1v) is 10.6. The van der Waals surface area contributed by atoms with Crippen molar-refractivity contribution >= 4 is 11.8 Å². The summed E-state index contributed by atoms with van der Waals surface area (Å²) in [6, 6.07) is 15.2. The van der Waals surface area contributed by atoms with E-state index in [-0.39, 0.29) is 36.7 Å². The summed E-state index contributed by atoms with van der Waals surface area (Å²) in [6.07, 6.45) is 2.72. The van der Waals surface area contributed by atoms with E-state index >= 15 is 0 Å².